The molecule has 1 aromatic carbocycles. The Morgan fingerprint density at radius 2 is 2.16 bits per heavy atom. The van der Waals surface area contributed by atoms with Crippen LogP contribution in [-0.2, 0) is 0 Å². The molecule has 0 bridgehead atoms. The van der Waals surface area contributed by atoms with E-state index in [1.54, 1.807) is 6.26 Å². The van der Waals surface area contributed by atoms with Crippen molar-refractivity contribution in [2.75, 3.05) is 0 Å². The van der Waals surface area contributed by atoms with Gasteiger partial charge in [-0.25, -0.2) is 5.43 Å². The molecule has 0 spiro atoms. The molecule has 0 aliphatic heterocycles. The van der Waals surface area contributed by atoms with Crippen LogP contribution in [0, 0.1) is 6.92 Å². The van der Waals surface area contributed by atoms with Gasteiger partial charge in [-0.05, 0) is 40.5 Å². The van der Waals surface area contributed by atoms with E-state index < -0.39 is 0 Å². The van der Waals surface area contributed by atoms with E-state index >= 15 is 0 Å². The minimum absolute atomic E-state index is 0.250. The van der Waals surface area contributed by atoms with Gasteiger partial charge < -0.3 is 8.83 Å². The van der Waals surface area contributed by atoms with Gasteiger partial charge in [0.1, 0.15) is 17.4 Å². The fraction of sp³-hybridized carbons (Fsp3) is 0.143. The van der Waals surface area contributed by atoms with Crippen LogP contribution in [-0.4, -0.2) is 0 Å². The largest absolute Gasteiger partial charge is 0.459 e. The molecule has 0 fully saturated rings. The summed E-state index contributed by atoms with van der Waals surface area (Å²) in [5, 5.41) is 1.06. The highest BCUT2D eigenvalue weighted by molar-refractivity contribution is 9.10. The number of hydrogen-bond donors (Lipinski definition) is 2. The normalized spacial score (nSPS) is 13.0. The van der Waals surface area contributed by atoms with Gasteiger partial charge in [0.05, 0.1) is 6.26 Å². The molecule has 3 aromatic rings. The number of hydrazine groups is 1. The molecule has 4 nitrogen and oxygen atoms in total. The molecular weight excluding hydrogens is 308 g/mol. The van der Waals surface area contributed by atoms with E-state index in [0.717, 1.165) is 27.9 Å². The van der Waals surface area contributed by atoms with Crippen molar-refractivity contribution in [1.82, 2.24) is 5.43 Å². The number of benzene rings is 1. The fourth-order valence-electron chi connectivity index (χ4n) is 2.21. The number of aryl methyl sites for hydroxylation is 1. The monoisotopic (exact) mass is 320 g/mol. The predicted octanol–water partition coefficient (Wildman–Crippen LogP) is 3.65. The summed E-state index contributed by atoms with van der Waals surface area (Å²) in [6.07, 6.45) is 1.61. The average Bonchev–Trinajstić information content (AvgIpc) is 2.99. The van der Waals surface area contributed by atoms with Crippen LogP contribution in [0.1, 0.15) is 22.9 Å². The standard InChI is InChI=1S/C14H13BrN2O2/c1-8-3-2-4-9-7-11(19-13(8)9)12(17-16)10-5-6-18-14(10)15/h2-7,12,17H,16H2,1H3. The van der Waals surface area contributed by atoms with Crippen LogP contribution in [0.3, 0.4) is 0 Å². The van der Waals surface area contributed by atoms with Crippen LogP contribution < -0.4 is 11.3 Å². The predicted molar refractivity (Wildman–Crippen MR) is 76.5 cm³/mol. The van der Waals surface area contributed by atoms with Crippen molar-refractivity contribution in [3.63, 3.8) is 0 Å². The Balaban J connectivity index is 2.12. The minimum atomic E-state index is -0.250. The van der Waals surface area contributed by atoms with Gasteiger partial charge in [-0.2, -0.15) is 0 Å². The zero-order valence-corrected chi connectivity index (χ0v) is 11.9. The number of furan rings is 2. The van der Waals surface area contributed by atoms with Gasteiger partial charge in [0.25, 0.3) is 0 Å². The highest BCUT2D eigenvalue weighted by atomic mass is 79.9. The number of hydrogen-bond acceptors (Lipinski definition) is 4. The molecule has 0 aliphatic carbocycles. The molecule has 0 radical (unpaired) electrons. The molecule has 2 aromatic heterocycles. The lowest BCUT2D eigenvalue weighted by Gasteiger charge is -2.11. The van der Waals surface area contributed by atoms with Gasteiger partial charge in [-0.1, -0.05) is 18.2 Å². The average molecular weight is 321 g/mol. The number of fused-ring (bicyclic) bond motifs is 1. The van der Waals surface area contributed by atoms with Gasteiger partial charge in [0.2, 0.25) is 0 Å². The van der Waals surface area contributed by atoms with Crippen molar-refractivity contribution in [2.24, 2.45) is 5.84 Å². The van der Waals surface area contributed by atoms with Crippen LogP contribution >= 0.6 is 15.9 Å². The molecule has 0 aliphatic rings. The van der Waals surface area contributed by atoms with Gasteiger partial charge in [0.15, 0.2) is 4.67 Å². The van der Waals surface area contributed by atoms with Crippen LogP contribution in [0.25, 0.3) is 11.0 Å². The van der Waals surface area contributed by atoms with Crippen LogP contribution in [0.4, 0.5) is 0 Å². The second kappa shape index (κ2) is 4.85. The molecule has 19 heavy (non-hydrogen) atoms. The Bertz CT molecular complexity index is 717. The van der Waals surface area contributed by atoms with Crippen molar-refractivity contribution in [3.8, 4) is 0 Å². The zero-order valence-electron chi connectivity index (χ0n) is 10.3. The number of para-hydroxylation sites is 1. The molecule has 0 saturated heterocycles. The van der Waals surface area contributed by atoms with E-state index in [2.05, 4.69) is 21.4 Å². The molecule has 1 unspecified atom stereocenters. The number of nitrogens with one attached hydrogen (secondary N) is 1. The number of halogens is 1. The SMILES string of the molecule is Cc1cccc2cc(C(NN)c3ccoc3Br)oc12. The second-order valence-electron chi connectivity index (χ2n) is 4.39. The van der Waals surface area contributed by atoms with Gasteiger partial charge in [-0.3, -0.25) is 5.84 Å². The lowest BCUT2D eigenvalue weighted by atomic mass is 10.1. The first kappa shape index (κ1) is 12.5. The second-order valence-corrected chi connectivity index (χ2v) is 5.11. The van der Waals surface area contributed by atoms with Crippen molar-refractivity contribution < 1.29 is 8.83 Å². The molecule has 1 atom stereocenters. The van der Waals surface area contributed by atoms with Crippen LogP contribution in [0.15, 0.2) is 50.1 Å². The first-order valence-electron chi connectivity index (χ1n) is 5.89. The summed E-state index contributed by atoms with van der Waals surface area (Å²) in [7, 11) is 0. The van der Waals surface area contributed by atoms with Crippen LogP contribution in [0.5, 0.6) is 0 Å². The molecule has 0 amide bonds. The van der Waals surface area contributed by atoms with Gasteiger partial charge >= 0.3 is 0 Å². The van der Waals surface area contributed by atoms with Gasteiger partial charge in [-0.15, -0.1) is 0 Å². The maximum absolute atomic E-state index is 5.93. The zero-order chi connectivity index (χ0) is 13.4. The maximum Gasteiger partial charge on any atom is 0.174 e. The Morgan fingerprint density at radius 3 is 2.79 bits per heavy atom. The Hall–Kier alpha value is -1.56. The van der Waals surface area contributed by atoms with E-state index in [9.17, 15) is 0 Å². The summed E-state index contributed by atoms with van der Waals surface area (Å²) in [6, 6.07) is 9.65. The topological polar surface area (TPSA) is 64.3 Å². The molecular formula is C14H13BrN2O2. The first-order valence-corrected chi connectivity index (χ1v) is 6.68. The minimum Gasteiger partial charge on any atom is -0.459 e. The van der Waals surface area contributed by atoms with Gasteiger partial charge in [0, 0.05) is 10.9 Å². The summed E-state index contributed by atoms with van der Waals surface area (Å²) in [5.41, 5.74) is 5.65. The fourth-order valence-corrected chi connectivity index (χ4v) is 2.68. The van der Waals surface area contributed by atoms with E-state index in [-0.39, 0.29) is 6.04 Å². The molecule has 98 valence electrons. The summed E-state index contributed by atoms with van der Waals surface area (Å²) < 4.78 is 11.8. The number of rotatable bonds is 3. The molecule has 2 heterocycles. The summed E-state index contributed by atoms with van der Waals surface area (Å²) in [5.74, 6) is 6.41. The molecule has 5 heteroatoms. The van der Waals surface area contributed by atoms with Crippen molar-refractivity contribution in [1.29, 1.82) is 0 Å². The van der Waals surface area contributed by atoms with E-state index in [4.69, 9.17) is 14.7 Å². The van der Waals surface area contributed by atoms with Crippen molar-refractivity contribution >= 4 is 26.9 Å². The molecule has 3 N–H and O–H groups in total. The first-order chi connectivity index (χ1) is 9.20. The highest BCUT2D eigenvalue weighted by Gasteiger charge is 2.21. The Labute approximate surface area is 118 Å². The smallest absolute Gasteiger partial charge is 0.174 e. The Kier molecular flexibility index (Phi) is 3.18. The van der Waals surface area contributed by atoms with E-state index in [0.29, 0.717) is 4.67 Å². The highest BCUT2D eigenvalue weighted by Crippen LogP contribution is 2.33. The molecule has 3 rings (SSSR count). The lowest BCUT2D eigenvalue weighted by Crippen LogP contribution is -2.28. The quantitative estimate of drug-likeness (QED) is 0.571. The summed E-state index contributed by atoms with van der Waals surface area (Å²) >= 11 is 3.36. The molecule has 0 saturated carbocycles. The Morgan fingerprint density at radius 1 is 1.32 bits per heavy atom. The number of nitrogens with two attached hydrogens (primary N) is 1. The van der Waals surface area contributed by atoms with E-state index in [1.807, 2.05) is 37.3 Å². The van der Waals surface area contributed by atoms with Crippen molar-refractivity contribution in [3.05, 3.63) is 58.2 Å². The van der Waals surface area contributed by atoms with Crippen LogP contribution in [0.2, 0.25) is 0 Å². The lowest BCUT2D eigenvalue weighted by molar-refractivity contribution is 0.466. The third kappa shape index (κ3) is 2.10. The van der Waals surface area contributed by atoms with E-state index in [1.165, 1.54) is 0 Å². The summed E-state index contributed by atoms with van der Waals surface area (Å²) in [4.78, 5) is 0. The maximum atomic E-state index is 5.93. The third-order valence-electron chi connectivity index (χ3n) is 3.17. The van der Waals surface area contributed by atoms with Crippen molar-refractivity contribution in [2.45, 2.75) is 13.0 Å². The third-order valence-corrected chi connectivity index (χ3v) is 3.81. The summed E-state index contributed by atoms with van der Waals surface area (Å²) in [6.45, 7) is 2.02.